The van der Waals surface area contributed by atoms with Gasteiger partial charge in [0, 0.05) is 30.8 Å². The van der Waals surface area contributed by atoms with E-state index in [-0.39, 0.29) is 11.9 Å². The highest BCUT2D eigenvalue weighted by Crippen LogP contribution is 2.20. The molecule has 0 saturated carbocycles. The zero-order chi connectivity index (χ0) is 14.5. The monoisotopic (exact) mass is 276 g/mol. The Labute approximate surface area is 120 Å². The lowest BCUT2D eigenvalue weighted by Gasteiger charge is -2.20. The maximum atomic E-state index is 12.4. The first-order valence-electron chi connectivity index (χ1n) is 7.35. The first kappa shape index (κ1) is 14.9. The summed E-state index contributed by atoms with van der Waals surface area (Å²) in [4.78, 5) is 12.4. The normalized spacial score (nSPS) is 19.6. The molecule has 0 aliphatic carbocycles. The minimum absolute atomic E-state index is 0.0136. The smallest absolute Gasteiger partial charge is 0.253 e. The molecule has 20 heavy (non-hydrogen) atoms. The molecule has 4 nitrogen and oxygen atoms in total. The molecule has 2 N–H and O–H groups in total. The first-order valence-corrected chi connectivity index (χ1v) is 7.35. The number of hydrogen-bond donors (Lipinski definition) is 2. The maximum Gasteiger partial charge on any atom is 0.253 e. The Balaban J connectivity index is 2.07. The molecule has 1 fully saturated rings. The summed E-state index contributed by atoms with van der Waals surface area (Å²) in [6, 6.07) is 6.02. The first-order chi connectivity index (χ1) is 9.61. The van der Waals surface area contributed by atoms with Gasteiger partial charge in [-0.2, -0.15) is 0 Å². The van der Waals surface area contributed by atoms with Gasteiger partial charge in [-0.15, -0.1) is 0 Å². The highest BCUT2D eigenvalue weighted by molar-refractivity contribution is 5.99. The second-order valence-electron chi connectivity index (χ2n) is 5.47. The molecule has 1 heterocycles. The maximum absolute atomic E-state index is 12.4. The molecule has 1 aromatic carbocycles. The van der Waals surface area contributed by atoms with E-state index in [2.05, 4.69) is 17.6 Å². The van der Waals surface area contributed by atoms with Gasteiger partial charge >= 0.3 is 0 Å². The minimum Gasteiger partial charge on any atom is -0.385 e. The number of carbonyl (C=O) groups excluding carboxylic acids is 1. The topological polar surface area (TPSA) is 50.4 Å². The van der Waals surface area contributed by atoms with Crippen molar-refractivity contribution < 1.29 is 9.53 Å². The molecule has 2 rings (SSSR count). The Hall–Kier alpha value is -1.55. The zero-order valence-corrected chi connectivity index (χ0v) is 12.5. The van der Waals surface area contributed by atoms with Crippen molar-refractivity contribution in [3.8, 4) is 0 Å². The van der Waals surface area contributed by atoms with Crippen LogP contribution in [0.1, 0.15) is 36.2 Å². The second-order valence-corrected chi connectivity index (χ2v) is 5.47. The number of amides is 1. The number of rotatable bonds is 5. The largest absolute Gasteiger partial charge is 0.385 e. The van der Waals surface area contributed by atoms with E-state index in [4.69, 9.17) is 4.74 Å². The number of hydrogen-bond acceptors (Lipinski definition) is 3. The van der Waals surface area contributed by atoms with Crippen molar-refractivity contribution in [1.29, 1.82) is 0 Å². The molecule has 4 heteroatoms. The summed E-state index contributed by atoms with van der Waals surface area (Å²) >= 11 is 0. The third-order valence-electron chi connectivity index (χ3n) is 3.82. The Morgan fingerprint density at radius 1 is 1.50 bits per heavy atom. The molecule has 1 aromatic rings. The second kappa shape index (κ2) is 6.75. The Kier molecular flexibility index (Phi) is 5.01. The average Bonchev–Trinajstić information content (AvgIpc) is 2.93. The summed E-state index contributed by atoms with van der Waals surface area (Å²) in [5.74, 6) is 0.410. The van der Waals surface area contributed by atoms with Crippen LogP contribution in [0.4, 0.5) is 5.69 Å². The molecule has 2 atom stereocenters. The third-order valence-corrected chi connectivity index (χ3v) is 3.82. The molecular weight excluding hydrogens is 252 g/mol. The summed E-state index contributed by atoms with van der Waals surface area (Å²) in [6.45, 7) is 8.46. The molecule has 1 aliphatic rings. The average molecular weight is 276 g/mol. The molecule has 0 aromatic heterocycles. The van der Waals surface area contributed by atoms with Crippen molar-refractivity contribution in [2.24, 2.45) is 5.92 Å². The van der Waals surface area contributed by atoms with E-state index in [1.54, 1.807) is 0 Å². The number of nitrogens with one attached hydrogen (secondary N) is 2. The van der Waals surface area contributed by atoms with Gasteiger partial charge in [0.15, 0.2) is 0 Å². The van der Waals surface area contributed by atoms with Gasteiger partial charge in [0.05, 0.1) is 12.2 Å². The van der Waals surface area contributed by atoms with Gasteiger partial charge in [0.25, 0.3) is 5.91 Å². The number of aryl methyl sites for hydroxylation is 1. The fourth-order valence-electron chi connectivity index (χ4n) is 2.54. The van der Waals surface area contributed by atoms with E-state index < -0.39 is 0 Å². The van der Waals surface area contributed by atoms with Crippen LogP contribution in [0, 0.1) is 12.8 Å². The zero-order valence-electron chi connectivity index (χ0n) is 12.5. The third kappa shape index (κ3) is 3.51. The molecule has 1 aliphatic heterocycles. The quantitative estimate of drug-likeness (QED) is 0.869. The fraction of sp³-hybridized carbons (Fsp3) is 0.562. The predicted molar refractivity (Wildman–Crippen MR) is 81.2 cm³/mol. The van der Waals surface area contributed by atoms with Gasteiger partial charge in [0.2, 0.25) is 0 Å². The van der Waals surface area contributed by atoms with Gasteiger partial charge in [-0.05, 0) is 44.9 Å². The Bertz CT molecular complexity index is 468. The van der Waals surface area contributed by atoms with E-state index in [0.717, 1.165) is 37.4 Å². The summed E-state index contributed by atoms with van der Waals surface area (Å²) in [5.41, 5.74) is 2.76. The number of ether oxygens (including phenoxy) is 1. The Morgan fingerprint density at radius 3 is 2.95 bits per heavy atom. The van der Waals surface area contributed by atoms with Gasteiger partial charge in [-0.1, -0.05) is 6.07 Å². The molecule has 0 bridgehead atoms. The van der Waals surface area contributed by atoms with Crippen LogP contribution < -0.4 is 10.6 Å². The van der Waals surface area contributed by atoms with Crippen molar-refractivity contribution in [3.05, 3.63) is 29.3 Å². The highest BCUT2D eigenvalue weighted by Gasteiger charge is 2.24. The minimum atomic E-state index is -0.0136. The summed E-state index contributed by atoms with van der Waals surface area (Å²) in [7, 11) is 0. The summed E-state index contributed by atoms with van der Waals surface area (Å²) in [6.07, 6.45) is 1.02. The molecule has 2 unspecified atom stereocenters. The number of benzene rings is 1. The van der Waals surface area contributed by atoms with Crippen molar-refractivity contribution in [2.45, 2.75) is 33.2 Å². The number of carbonyl (C=O) groups is 1. The molecule has 1 amide bonds. The lowest BCUT2D eigenvalue weighted by atomic mass is 10.00. The van der Waals surface area contributed by atoms with Gasteiger partial charge in [0.1, 0.15) is 0 Å². The molecule has 0 spiro atoms. The Morgan fingerprint density at radius 2 is 2.30 bits per heavy atom. The van der Waals surface area contributed by atoms with Crippen molar-refractivity contribution in [1.82, 2.24) is 5.32 Å². The summed E-state index contributed by atoms with van der Waals surface area (Å²) < 4.78 is 5.38. The van der Waals surface area contributed by atoms with Crippen LogP contribution in [-0.4, -0.2) is 31.7 Å². The van der Waals surface area contributed by atoms with Gasteiger partial charge < -0.3 is 15.4 Å². The molecule has 110 valence electrons. The molecular formula is C16H24N2O2. The van der Waals surface area contributed by atoms with Crippen LogP contribution in [0.25, 0.3) is 0 Å². The SMILES string of the molecule is CCNc1cc(C)ccc1C(=O)NC(C)C1CCOC1. The van der Waals surface area contributed by atoms with Crippen molar-refractivity contribution >= 4 is 11.6 Å². The van der Waals surface area contributed by atoms with Gasteiger partial charge in [-0.3, -0.25) is 4.79 Å². The number of anilines is 1. The molecule has 0 radical (unpaired) electrons. The van der Waals surface area contributed by atoms with Crippen LogP contribution in [0.5, 0.6) is 0 Å². The van der Waals surface area contributed by atoms with E-state index >= 15 is 0 Å². The van der Waals surface area contributed by atoms with Crippen molar-refractivity contribution in [2.75, 3.05) is 25.1 Å². The standard InChI is InChI=1S/C16H24N2O2/c1-4-17-15-9-11(2)5-6-14(15)16(19)18-12(3)13-7-8-20-10-13/h5-6,9,12-13,17H,4,7-8,10H2,1-3H3,(H,18,19). The van der Waals surface area contributed by atoms with Crippen LogP contribution in [0.15, 0.2) is 18.2 Å². The van der Waals surface area contributed by atoms with E-state index in [9.17, 15) is 4.79 Å². The van der Waals surface area contributed by atoms with E-state index in [1.807, 2.05) is 32.0 Å². The molecule has 1 saturated heterocycles. The van der Waals surface area contributed by atoms with Crippen LogP contribution in [-0.2, 0) is 4.74 Å². The lowest BCUT2D eigenvalue weighted by molar-refractivity contribution is 0.0923. The van der Waals surface area contributed by atoms with Crippen LogP contribution in [0.3, 0.4) is 0 Å². The fourth-order valence-corrected chi connectivity index (χ4v) is 2.54. The van der Waals surface area contributed by atoms with Crippen LogP contribution >= 0.6 is 0 Å². The van der Waals surface area contributed by atoms with Gasteiger partial charge in [-0.25, -0.2) is 0 Å². The highest BCUT2D eigenvalue weighted by atomic mass is 16.5. The predicted octanol–water partition coefficient (Wildman–Crippen LogP) is 2.58. The van der Waals surface area contributed by atoms with Crippen molar-refractivity contribution in [3.63, 3.8) is 0 Å². The van der Waals surface area contributed by atoms with Crippen LogP contribution in [0.2, 0.25) is 0 Å². The lowest BCUT2D eigenvalue weighted by Crippen LogP contribution is -2.38. The van der Waals surface area contributed by atoms with E-state index in [0.29, 0.717) is 11.5 Å². The summed E-state index contributed by atoms with van der Waals surface area (Å²) in [5, 5.41) is 6.35. The van der Waals surface area contributed by atoms with E-state index in [1.165, 1.54) is 0 Å².